The molecule has 0 radical (unpaired) electrons. The first-order valence-corrected chi connectivity index (χ1v) is 7.34. The van der Waals surface area contributed by atoms with Crippen molar-refractivity contribution in [3.05, 3.63) is 28.6 Å². The first kappa shape index (κ1) is 11.7. The Morgan fingerprint density at radius 1 is 1.50 bits per heavy atom. The number of ether oxygens (including phenoxy) is 1. The summed E-state index contributed by atoms with van der Waals surface area (Å²) in [6.45, 7) is 0.0801. The molecule has 0 unspecified atom stereocenters. The van der Waals surface area contributed by atoms with Crippen LogP contribution in [0.15, 0.2) is 23.6 Å². The molecule has 1 aliphatic heterocycles. The van der Waals surface area contributed by atoms with Crippen molar-refractivity contribution in [3.8, 4) is 17.0 Å². The van der Waals surface area contributed by atoms with Gasteiger partial charge in [-0.2, -0.15) is 0 Å². The highest BCUT2D eigenvalue weighted by atomic mass is 79.9. The summed E-state index contributed by atoms with van der Waals surface area (Å²) < 4.78 is 5.32. The van der Waals surface area contributed by atoms with E-state index in [0.717, 1.165) is 21.6 Å². The van der Waals surface area contributed by atoms with Gasteiger partial charge in [0.1, 0.15) is 10.8 Å². The van der Waals surface area contributed by atoms with Gasteiger partial charge in [0.25, 0.3) is 5.91 Å². The maximum Gasteiger partial charge on any atom is 0.262 e. The number of halogens is 1. The second-order valence-corrected chi connectivity index (χ2v) is 5.31. The Labute approximate surface area is 116 Å². The van der Waals surface area contributed by atoms with Crippen molar-refractivity contribution in [2.24, 2.45) is 0 Å². The fraction of sp³-hybridized carbons (Fsp3) is 0.167. The molecule has 18 heavy (non-hydrogen) atoms. The largest absolute Gasteiger partial charge is 0.482 e. The highest BCUT2D eigenvalue weighted by Gasteiger charge is 2.16. The number of hydrogen-bond donors (Lipinski definition) is 1. The van der Waals surface area contributed by atoms with E-state index in [1.54, 1.807) is 11.3 Å². The number of alkyl halides is 1. The van der Waals surface area contributed by atoms with Crippen LogP contribution in [0.2, 0.25) is 0 Å². The summed E-state index contributed by atoms with van der Waals surface area (Å²) in [5.74, 6) is 0.577. The molecule has 0 atom stereocenters. The lowest BCUT2D eigenvalue weighted by Crippen LogP contribution is -2.25. The molecule has 0 bridgehead atoms. The van der Waals surface area contributed by atoms with E-state index in [4.69, 9.17) is 4.74 Å². The zero-order chi connectivity index (χ0) is 12.5. The van der Waals surface area contributed by atoms with Crippen LogP contribution in [-0.2, 0) is 10.1 Å². The Kier molecular flexibility index (Phi) is 3.05. The molecular weight excluding hydrogens is 316 g/mol. The van der Waals surface area contributed by atoms with E-state index < -0.39 is 0 Å². The number of anilines is 1. The van der Waals surface area contributed by atoms with Gasteiger partial charge in [-0.05, 0) is 18.2 Å². The van der Waals surface area contributed by atoms with Crippen molar-refractivity contribution in [2.75, 3.05) is 11.9 Å². The Morgan fingerprint density at radius 3 is 3.17 bits per heavy atom. The van der Waals surface area contributed by atoms with Crippen LogP contribution in [0, 0.1) is 0 Å². The van der Waals surface area contributed by atoms with Crippen LogP contribution >= 0.6 is 27.3 Å². The van der Waals surface area contributed by atoms with Crippen molar-refractivity contribution >= 4 is 38.9 Å². The van der Waals surface area contributed by atoms with Gasteiger partial charge < -0.3 is 10.1 Å². The number of thiazole rings is 1. The lowest BCUT2D eigenvalue weighted by atomic mass is 10.1. The summed E-state index contributed by atoms with van der Waals surface area (Å²) >= 11 is 4.99. The van der Waals surface area contributed by atoms with Gasteiger partial charge in [0.05, 0.1) is 16.7 Å². The Hall–Kier alpha value is -1.40. The quantitative estimate of drug-likeness (QED) is 0.864. The number of carbonyl (C=O) groups excluding carboxylic acids is 1. The second-order valence-electron chi connectivity index (χ2n) is 3.81. The summed E-state index contributed by atoms with van der Waals surface area (Å²) in [4.78, 5) is 15.8. The van der Waals surface area contributed by atoms with E-state index in [9.17, 15) is 4.79 Å². The number of nitrogens with zero attached hydrogens (tertiary/aromatic N) is 1. The predicted molar refractivity (Wildman–Crippen MR) is 74.3 cm³/mol. The summed E-state index contributed by atoms with van der Waals surface area (Å²) in [6.07, 6.45) is 0. The number of carbonyl (C=O) groups is 1. The van der Waals surface area contributed by atoms with Crippen molar-refractivity contribution in [1.29, 1.82) is 0 Å². The number of hydrogen-bond acceptors (Lipinski definition) is 4. The molecule has 0 aliphatic carbocycles. The van der Waals surface area contributed by atoms with Crippen LogP contribution in [0.3, 0.4) is 0 Å². The topological polar surface area (TPSA) is 51.2 Å². The second kappa shape index (κ2) is 4.70. The highest BCUT2D eigenvalue weighted by Crippen LogP contribution is 2.33. The minimum atomic E-state index is -0.126. The van der Waals surface area contributed by atoms with E-state index in [0.29, 0.717) is 11.4 Å². The molecule has 6 heteroatoms. The molecule has 0 saturated heterocycles. The smallest absolute Gasteiger partial charge is 0.262 e. The number of benzene rings is 1. The molecule has 1 aromatic carbocycles. The Bertz CT molecular complexity index is 612. The minimum Gasteiger partial charge on any atom is -0.482 e. The average molecular weight is 325 g/mol. The van der Waals surface area contributed by atoms with E-state index in [-0.39, 0.29) is 12.5 Å². The first-order valence-electron chi connectivity index (χ1n) is 5.34. The third kappa shape index (κ3) is 2.13. The zero-order valence-electron chi connectivity index (χ0n) is 9.27. The van der Waals surface area contributed by atoms with E-state index in [1.165, 1.54) is 0 Å². The van der Waals surface area contributed by atoms with Gasteiger partial charge in [-0.15, -0.1) is 11.3 Å². The molecule has 92 valence electrons. The Morgan fingerprint density at radius 2 is 2.39 bits per heavy atom. The summed E-state index contributed by atoms with van der Waals surface area (Å²) in [5.41, 5.74) is 2.59. The minimum absolute atomic E-state index is 0.0801. The van der Waals surface area contributed by atoms with Crippen LogP contribution in [0.1, 0.15) is 5.01 Å². The number of aromatic nitrogens is 1. The van der Waals surface area contributed by atoms with Crippen molar-refractivity contribution in [2.45, 2.75) is 5.33 Å². The average Bonchev–Trinajstić information content (AvgIpc) is 2.86. The number of amides is 1. The van der Waals surface area contributed by atoms with E-state index in [2.05, 4.69) is 26.2 Å². The number of rotatable bonds is 2. The van der Waals surface area contributed by atoms with E-state index in [1.807, 2.05) is 23.6 Å². The molecule has 1 aromatic heterocycles. The monoisotopic (exact) mass is 324 g/mol. The van der Waals surface area contributed by atoms with Gasteiger partial charge in [0.2, 0.25) is 0 Å². The van der Waals surface area contributed by atoms with Crippen LogP contribution in [0.4, 0.5) is 5.69 Å². The van der Waals surface area contributed by atoms with Gasteiger partial charge in [-0.1, -0.05) is 15.9 Å². The fourth-order valence-corrected chi connectivity index (χ4v) is 2.92. The third-order valence-corrected chi connectivity index (χ3v) is 4.33. The van der Waals surface area contributed by atoms with Gasteiger partial charge in [-0.25, -0.2) is 4.98 Å². The fourth-order valence-electron chi connectivity index (χ4n) is 1.75. The van der Waals surface area contributed by atoms with Gasteiger partial charge in [-0.3, -0.25) is 4.79 Å². The van der Waals surface area contributed by atoms with Crippen molar-refractivity contribution in [1.82, 2.24) is 4.98 Å². The van der Waals surface area contributed by atoms with Crippen molar-refractivity contribution < 1.29 is 9.53 Å². The van der Waals surface area contributed by atoms with Gasteiger partial charge in [0, 0.05) is 10.9 Å². The molecule has 2 heterocycles. The number of nitrogens with one attached hydrogen (secondary N) is 1. The molecule has 0 fully saturated rings. The van der Waals surface area contributed by atoms with Gasteiger partial charge in [0.15, 0.2) is 6.61 Å². The molecule has 1 N–H and O–H groups in total. The van der Waals surface area contributed by atoms with Crippen LogP contribution in [-0.4, -0.2) is 17.5 Å². The molecule has 0 spiro atoms. The molecule has 1 aliphatic rings. The van der Waals surface area contributed by atoms with E-state index >= 15 is 0 Å². The first-order chi connectivity index (χ1) is 8.76. The number of fused-ring (bicyclic) bond motifs is 1. The lowest BCUT2D eigenvalue weighted by molar-refractivity contribution is -0.118. The third-order valence-electron chi connectivity index (χ3n) is 2.57. The van der Waals surface area contributed by atoms with Gasteiger partial charge >= 0.3 is 0 Å². The maximum atomic E-state index is 11.3. The van der Waals surface area contributed by atoms with Crippen molar-refractivity contribution in [3.63, 3.8) is 0 Å². The molecule has 2 aromatic rings. The highest BCUT2D eigenvalue weighted by molar-refractivity contribution is 9.08. The maximum absolute atomic E-state index is 11.3. The predicted octanol–water partition coefficient (Wildman–Crippen LogP) is 3.04. The molecule has 4 nitrogen and oxygen atoms in total. The zero-order valence-corrected chi connectivity index (χ0v) is 11.7. The van der Waals surface area contributed by atoms with Crippen LogP contribution in [0.25, 0.3) is 11.3 Å². The normalized spacial score (nSPS) is 13.7. The molecular formula is C12H9BrN2O2S. The SMILES string of the molecule is O=C1COc2ccc(-c3csc(CBr)n3)cc2N1. The molecule has 0 saturated carbocycles. The summed E-state index contributed by atoms with van der Waals surface area (Å²) in [7, 11) is 0. The molecule has 1 amide bonds. The van der Waals surface area contributed by atoms with Crippen LogP contribution in [0.5, 0.6) is 5.75 Å². The van der Waals surface area contributed by atoms with Crippen LogP contribution < -0.4 is 10.1 Å². The lowest BCUT2D eigenvalue weighted by Gasteiger charge is -2.18. The standard InChI is InChI=1S/C12H9BrN2O2S/c13-4-12-15-9(6-18-12)7-1-2-10-8(3-7)14-11(16)5-17-10/h1-3,6H,4-5H2,(H,14,16). The Balaban J connectivity index is 1.98. The summed E-state index contributed by atoms with van der Waals surface area (Å²) in [5, 5.41) is 6.58. The molecule has 3 rings (SSSR count). The summed E-state index contributed by atoms with van der Waals surface area (Å²) in [6, 6.07) is 5.69.